The molecule has 0 heterocycles. The van der Waals surface area contributed by atoms with Crippen LogP contribution in [0.2, 0.25) is 0 Å². The second-order valence-electron chi connectivity index (χ2n) is 5.09. The van der Waals surface area contributed by atoms with Crippen LogP contribution in [-0.4, -0.2) is 22.6 Å². The summed E-state index contributed by atoms with van der Waals surface area (Å²) in [7, 11) is -0.730. The number of methoxy groups -OCH3 is 2. The van der Waals surface area contributed by atoms with Crippen molar-refractivity contribution in [1.82, 2.24) is 4.72 Å². The molecule has 2 aromatic carbocycles. The maximum Gasteiger partial charge on any atom is 0.241 e. The summed E-state index contributed by atoms with van der Waals surface area (Å²) < 4.78 is 38.2. The zero-order valence-electron chi connectivity index (χ0n) is 13.6. The van der Waals surface area contributed by atoms with Gasteiger partial charge in [-0.25, -0.2) is 13.1 Å². The molecular weight excluding hydrogens is 328 g/mol. The van der Waals surface area contributed by atoms with Crippen LogP contribution >= 0.6 is 0 Å². The van der Waals surface area contributed by atoms with E-state index in [0.717, 1.165) is 0 Å². The molecule has 0 saturated heterocycles. The van der Waals surface area contributed by atoms with Crippen molar-refractivity contribution >= 4 is 10.0 Å². The van der Waals surface area contributed by atoms with Gasteiger partial charge in [0, 0.05) is 11.6 Å². The van der Waals surface area contributed by atoms with Gasteiger partial charge in [0.1, 0.15) is 11.5 Å². The lowest BCUT2D eigenvalue weighted by Gasteiger charge is -2.18. The summed E-state index contributed by atoms with van der Waals surface area (Å²) >= 11 is 0. The Labute approximate surface area is 141 Å². The average Bonchev–Trinajstić information content (AvgIpc) is 2.60. The predicted octanol–water partition coefficient (Wildman–Crippen LogP) is 2.61. The average molecular weight is 346 g/mol. The molecule has 0 aliphatic heterocycles. The van der Waals surface area contributed by atoms with Gasteiger partial charge in [0.15, 0.2) is 0 Å². The summed E-state index contributed by atoms with van der Waals surface area (Å²) in [6.07, 6.45) is 0. The monoisotopic (exact) mass is 346 g/mol. The highest BCUT2D eigenvalue weighted by atomic mass is 32.2. The molecule has 0 bridgehead atoms. The molecule has 0 spiro atoms. The van der Waals surface area contributed by atoms with Gasteiger partial charge in [-0.05, 0) is 43.3 Å². The fraction of sp³-hybridized carbons (Fsp3) is 0.235. The molecule has 0 saturated carbocycles. The highest BCUT2D eigenvalue weighted by Crippen LogP contribution is 2.30. The Kier molecular flexibility index (Phi) is 5.44. The van der Waals surface area contributed by atoms with Crippen molar-refractivity contribution in [2.45, 2.75) is 17.9 Å². The fourth-order valence-electron chi connectivity index (χ4n) is 2.27. The van der Waals surface area contributed by atoms with Crippen LogP contribution < -0.4 is 14.2 Å². The number of nitrogens with zero attached hydrogens (tertiary/aromatic N) is 1. The number of benzene rings is 2. The van der Waals surface area contributed by atoms with Crippen LogP contribution in [0.5, 0.6) is 11.5 Å². The number of hydrogen-bond acceptors (Lipinski definition) is 5. The first-order valence-electron chi connectivity index (χ1n) is 7.15. The molecule has 2 aromatic rings. The molecule has 0 radical (unpaired) electrons. The number of hydrogen-bond donors (Lipinski definition) is 1. The van der Waals surface area contributed by atoms with E-state index in [1.54, 1.807) is 31.2 Å². The van der Waals surface area contributed by atoms with E-state index in [1.807, 2.05) is 6.07 Å². The molecule has 0 aliphatic carbocycles. The largest absolute Gasteiger partial charge is 0.497 e. The fourth-order valence-corrected chi connectivity index (χ4v) is 3.54. The van der Waals surface area contributed by atoms with Crippen LogP contribution in [0, 0.1) is 11.3 Å². The number of rotatable bonds is 6. The number of nitriles is 1. The topological polar surface area (TPSA) is 88.4 Å². The second-order valence-corrected chi connectivity index (χ2v) is 6.80. The van der Waals surface area contributed by atoms with E-state index in [2.05, 4.69) is 4.72 Å². The lowest BCUT2D eigenvalue weighted by molar-refractivity contribution is 0.395. The van der Waals surface area contributed by atoms with E-state index in [4.69, 9.17) is 14.7 Å². The minimum absolute atomic E-state index is 0.0373. The van der Waals surface area contributed by atoms with Gasteiger partial charge in [-0.1, -0.05) is 6.07 Å². The van der Waals surface area contributed by atoms with E-state index < -0.39 is 16.1 Å². The third-order valence-corrected chi connectivity index (χ3v) is 5.05. The molecule has 0 aliphatic rings. The molecule has 6 nitrogen and oxygen atoms in total. The van der Waals surface area contributed by atoms with E-state index in [-0.39, 0.29) is 10.5 Å². The van der Waals surface area contributed by atoms with E-state index in [1.165, 1.54) is 32.4 Å². The minimum atomic E-state index is -3.78. The summed E-state index contributed by atoms with van der Waals surface area (Å²) in [6, 6.07) is 12.4. The van der Waals surface area contributed by atoms with Crippen molar-refractivity contribution < 1.29 is 17.9 Å². The zero-order chi connectivity index (χ0) is 17.7. The van der Waals surface area contributed by atoms with Crippen molar-refractivity contribution in [3.8, 4) is 17.6 Å². The lowest BCUT2D eigenvalue weighted by atomic mass is 10.1. The van der Waals surface area contributed by atoms with E-state index >= 15 is 0 Å². The summed E-state index contributed by atoms with van der Waals surface area (Å²) in [4.78, 5) is 0.0373. The Hall–Kier alpha value is -2.56. The standard InChI is InChI=1S/C17H18N2O4S/c1-12(16-10-14(22-2)7-8-17(16)23-3)19-24(20,21)15-6-4-5-13(9-15)11-18/h4-10,12,19H,1-3H3. The molecule has 0 amide bonds. The molecule has 126 valence electrons. The van der Waals surface area contributed by atoms with Gasteiger partial charge in [0.2, 0.25) is 10.0 Å². The minimum Gasteiger partial charge on any atom is -0.497 e. The zero-order valence-corrected chi connectivity index (χ0v) is 14.4. The Morgan fingerprint density at radius 2 is 1.88 bits per heavy atom. The van der Waals surface area contributed by atoms with Crippen molar-refractivity contribution in [2.24, 2.45) is 0 Å². The molecule has 0 fully saturated rings. The van der Waals surface area contributed by atoms with Gasteiger partial charge < -0.3 is 9.47 Å². The smallest absolute Gasteiger partial charge is 0.241 e. The van der Waals surface area contributed by atoms with Crippen LogP contribution in [0.15, 0.2) is 47.4 Å². The van der Waals surface area contributed by atoms with Crippen molar-refractivity contribution in [1.29, 1.82) is 5.26 Å². The molecule has 1 N–H and O–H groups in total. The molecule has 2 rings (SSSR count). The molecule has 1 atom stereocenters. The van der Waals surface area contributed by atoms with E-state index in [0.29, 0.717) is 17.1 Å². The van der Waals surface area contributed by atoms with Crippen LogP contribution in [0.3, 0.4) is 0 Å². The Morgan fingerprint density at radius 1 is 1.12 bits per heavy atom. The van der Waals surface area contributed by atoms with Crippen LogP contribution in [-0.2, 0) is 10.0 Å². The van der Waals surface area contributed by atoms with Crippen molar-refractivity contribution in [3.63, 3.8) is 0 Å². The van der Waals surface area contributed by atoms with Crippen molar-refractivity contribution in [2.75, 3.05) is 14.2 Å². The van der Waals surface area contributed by atoms with Gasteiger partial charge in [-0.2, -0.15) is 5.26 Å². The summed E-state index contributed by atoms with van der Waals surface area (Å²) in [5.74, 6) is 1.15. The van der Waals surface area contributed by atoms with Crippen molar-refractivity contribution in [3.05, 3.63) is 53.6 Å². The predicted molar refractivity (Wildman–Crippen MR) is 89.4 cm³/mol. The first-order chi connectivity index (χ1) is 11.4. The van der Waals surface area contributed by atoms with Crippen LogP contribution in [0.4, 0.5) is 0 Å². The molecule has 24 heavy (non-hydrogen) atoms. The maximum absolute atomic E-state index is 12.5. The van der Waals surface area contributed by atoms with E-state index in [9.17, 15) is 8.42 Å². The highest BCUT2D eigenvalue weighted by molar-refractivity contribution is 7.89. The number of ether oxygens (including phenoxy) is 2. The second kappa shape index (κ2) is 7.34. The van der Waals surface area contributed by atoms with Gasteiger partial charge in [-0.15, -0.1) is 0 Å². The maximum atomic E-state index is 12.5. The lowest BCUT2D eigenvalue weighted by Crippen LogP contribution is -2.27. The van der Waals surface area contributed by atoms with Gasteiger partial charge >= 0.3 is 0 Å². The van der Waals surface area contributed by atoms with Gasteiger partial charge in [0.25, 0.3) is 0 Å². The third kappa shape index (κ3) is 3.85. The SMILES string of the molecule is COc1ccc(OC)c(C(C)NS(=O)(=O)c2cccc(C#N)c2)c1. The Bertz CT molecular complexity index is 872. The quantitative estimate of drug-likeness (QED) is 0.868. The number of nitrogens with one attached hydrogen (secondary N) is 1. The van der Waals surface area contributed by atoms with Crippen LogP contribution in [0.25, 0.3) is 0 Å². The first-order valence-corrected chi connectivity index (χ1v) is 8.64. The molecule has 1 unspecified atom stereocenters. The molecular formula is C17H18N2O4S. The Morgan fingerprint density at radius 3 is 2.50 bits per heavy atom. The molecule has 7 heteroatoms. The van der Waals surface area contributed by atoms with Gasteiger partial charge in [-0.3, -0.25) is 0 Å². The Balaban J connectivity index is 2.34. The van der Waals surface area contributed by atoms with Crippen LogP contribution in [0.1, 0.15) is 24.1 Å². The number of sulfonamides is 1. The third-order valence-electron chi connectivity index (χ3n) is 3.51. The normalized spacial score (nSPS) is 12.2. The van der Waals surface area contributed by atoms with Gasteiger partial charge in [0.05, 0.1) is 30.7 Å². The molecule has 0 aromatic heterocycles. The summed E-state index contributed by atoms with van der Waals surface area (Å²) in [5, 5.41) is 8.92. The first kappa shape index (κ1) is 17.8. The summed E-state index contributed by atoms with van der Waals surface area (Å²) in [6.45, 7) is 1.71. The highest BCUT2D eigenvalue weighted by Gasteiger charge is 2.21. The summed E-state index contributed by atoms with van der Waals surface area (Å²) in [5.41, 5.74) is 0.932.